The van der Waals surface area contributed by atoms with Crippen molar-refractivity contribution in [1.82, 2.24) is 4.98 Å². The van der Waals surface area contributed by atoms with E-state index < -0.39 is 11.7 Å². The molecule has 0 bridgehead atoms. The zero-order chi connectivity index (χ0) is 18.0. The molecule has 0 aliphatic heterocycles. The first-order chi connectivity index (χ1) is 11.9. The highest BCUT2D eigenvalue weighted by Crippen LogP contribution is 2.30. The Hall–Kier alpha value is -3.07. The van der Waals surface area contributed by atoms with Gasteiger partial charge in [0.25, 0.3) is 0 Å². The predicted molar refractivity (Wildman–Crippen MR) is 85.6 cm³/mol. The predicted octanol–water partition coefficient (Wildman–Crippen LogP) is 5.13. The Morgan fingerprint density at radius 3 is 2.48 bits per heavy atom. The van der Waals surface area contributed by atoms with Gasteiger partial charge in [0.1, 0.15) is 0 Å². The van der Waals surface area contributed by atoms with Gasteiger partial charge < -0.3 is 4.42 Å². The minimum atomic E-state index is -4.38. The van der Waals surface area contributed by atoms with Gasteiger partial charge in [-0.2, -0.15) is 18.4 Å². The SMILES string of the molecule is Cc1nc(Cc2cccc(C(F)(F)F)c2)oc1-c1ccc(C#N)cc1. The van der Waals surface area contributed by atoms with Crippen molar-refractivity contribution in [3.05, 3.63) is 76.8 Å². The van der Waals surface area contributed by atoms with Crippen molar-refractivity contribution in [3.8, 4) is 17.4 Å². The van der Waals surface area contributed by atoms with Crippen LogP contribution in [0.3, 0.4) is 0 Å². The summed E-state index contributed by atoms with van der Waals surface area (Å²) in [5.41, 5.74) is 1.72. The molecule has 0 aliphatic carbocycles. The van der Waals surface area contributed by atoms with Gasteiger partial charge in [-0.05, 0) is 42.8 Å². The van der Waals surface area contributed by atoms with E-state index in [1.807, 2.05) is 6.07 Å². The van der Waals surface area contributed by atoms with Gasteiger partial charge in [0.15, 0.2) is 11.7 Å². The number of hydrogen-bond acceptors (Lipinski definition) is 3. The number of aromatic nitrogens is 1. The molecule has 0 spiro atoms. The van der Waals surface area contributed by atoms with Gasteiger partial charge in [0.05, 0.1) is 22.9 Å². The van der Waals surface area contributed by atoms with Crippen LogP contribution in [0.2, 0.25) is 0 Å². The first kappa shape index (κ1) is 16.8. The molecule has 0 radical (unpaired) electrons. The lowest BCUT2D eigenvalue weighted by Crippen LogP contribution is -2.05. The molecular weight excluding hydrogens is 329 g/mol. The number of benzene rings is 2. The number of nitrogens with zero attached hydrogens (tertiary/aromatic N) is 2. The molecule has 2 aromatic carbocycles. The van der Waals surface area contributed by atoms with E-state index in [2.05, 4.69) is 4.98 Å². The second kappa shape index (κ2) is 6.44. The molecule has 3 nitrogen and oxygen atoms in total. The van der Waals surface area contributed by atoms with Crippen LogP contribution in [-0.2, 0) is 12.6 Å². The average molecular weight is 342 g/mol. The van der Waals surface area contributed by atoms with E-state index in [-0.39, 0.29) is 6.42 Å². The van der Waals surface area contributed by atoms with Gasteiger partial charge in [-0.15, -0.1) is 0 Å². The van der Waals surface area contributed by atoms with Crippen LogP contribution in [0, 0.1) is 18.3 Å². The minimum absolute atomic E-state index is 0.168. The van der Waals surface area contributed by atoms with Crippen molar-refractivity contribution in [2.75, 3.05) is 0 Å². The molecule has 0 aliphatic rings. The number of aryl methyl sites for hydroxylation is 1. The fourth-order valence-corrected chi connectivity index (χ4v) is 2.52. The molecule has 0 fully saturated rings. The van der Waals surface area contributed by atoms with Crippen LogP contribution < -0.4 is 0 Å². The van der Waals surface area contributed by atoms with Crippen molar-refractivity contribution in [3.63, 3.8) is 0 Å². The monoisotopic (exact) mass is 342 g/mol. The van der Waals surface area contributed by atoms with Crippen LogP contribution in [0.4, 0.5) is 13.2 Å². The van der Waals surface area contributed by atoms with Crippen molar-refractivity contribution in [2.45, 2.75) is 19.5 Å². The quantitative estimate of drug-likeness (QED) is 0.663. The third-order valence-electron chi connectivity index (χ3n) is 3.73. The summed E-state index contributed by atoms with van der Waals surface area (Å²) in [6, 6.07) is 14.0. The maximum atomic E-state index is 12.8. The first-order valence-electron chi connectivity index (χ1n) is 7.50. The molecule has 0 N–H and O–H groups in total. The Labute approximate surface area is 142 Å². The molecular formula is C19H13F3N2O. The van der Waals surface area contributed by atoms with E-state index >= 15 is 0 Å². The number of halogens is 3. The average Bonchev–Trinajstić information content (AvgIpc) is 2.95. The van der Waals surface area contributed by atoms with Crippen LogP contribution in [0.5, 0.6) is 0 Å². The number of alkyl halides is 3. The molecule has 25 heavy (non-hydrogen) atoms. The van der Waals surface area contributed by atoms with E-state index in [1.54, 1.807) is 37.3 Å². The van der Waals surface area contributed by atoms with Crippen molar-refractivity contribution in [1.29, 1.82) is 5.26 Å². The van der Waals surface area contributed by atoms with Gasteiger partial charge >= 0.3 is 6.18 Å². The fourth-order valence-electron chi connectivity index (χ4n) is 2.52. The standard InChI is InChI=1S/C19H13F3N2O/c1-12-18(15-7-5-13(11-23)6-8-15)25-17(24-12)10-14-3-2-4-16(9-14)19(20,21)22/h2-9H,10H2,1H3. The summed E-state index contributed by atoms with van der Waals surface area (Å²) in [5.74, 6) is 0.891. The topological polar surface area (TPSA) is 49.8 Å². The summed E-state index contributed by atoms with van der Waals surface area (Å²) < 4.78 is 44.1. The van der Waals surface area contributed by atoms with E-state index in [1.165, 1.54) is 6.07 Å². The summed E-state index contributed by atoms with van der Waals surface area (Å²) in [4.78, 5) is 4.30. The molecule has 1 heterocycles. The zero-order valence-electron chi connectivity index (χ0n) is 13.3. The van der Waals surface area contributed by atoms with Gasteiger partial charge in [-0.1, -0.05) is 18.2 Å². The number of nitriles is 1. The Bertz CT molecular complexity index is 935. The second-order valence-electron chi connectivity index (χ2n) is 5.59. The molecule has 0 atom stereocenters. The van der Waals surface area contributed by atoms with Crippen molar-refractivity contribution in [2.24, 2.45) is 0 Å². The summed E-state index contributed by atoms with van der Waals surface area (Å²) >= 11 is 0. The van der Waals surface area contributed by atoms with Gasteiger partial charge in [-0.3, -0.25) is 0 Å². The Kier molecular flexibility index (Phi) is 4.32. The largest absolute Gasteiger partial charge is 0.440 e. The summed E-state index contributed by atoms with van der Waals surface area (Å²) in [7, 11) is 0. The smallest absolute Gasteiger partial charge is 0.416 e. The molecule has 0 amide bonds. The van der Waals surface area contributed by atoms with Gasteiger partial charge in [0.2, 0.25) is 0 Å². The second-order valence-corrected chi connectivity index (χ2v) is 5.59. The van der Waals surface area contributed by atoms with Gasteiger partial charge in [0, 0.05) is 12.0 Å². The van der Waals surface area contributed by atoms with E-state index in [0.29, 0.717) is 28.5 Å². The lowest BCUT2D eigenvalue weighted by Gasteiger charge is -2.07. The third kappa shape index (κ3) is 3.72. The van der Waals surface area contributed by atoms with Crippen LogP contribution in [0.15, 0.2) is 52.9 Å². The molecule has 3 rings (SSSR count). The van der Waals surface area contributed by atoms with E-state index in [9.17, 15) is 13.2 Å². The Balaban J connectivity index is 1.87. The summed E-state index contributed by atoms with van der Waals surface area (Å²) in [6.07, 6.45) is -4.21. The third-order valence-corrected chi connectivity index (χ3v) is 3.73. The Morgan fingerprint density at radius 2 is 1.84 bits per heavy atom. The fraction of sp³-hybridized carbons (Fsp3) is 0.158. The maximum absolute atomic E-state index is 12.8. The molecule has 0 unspecified atom stereocenters. The summed E-state index contributed by atoms with van der Waals surface area (Å²) in [6.45, 7) is 1.77. The number of rotatable bonds is 3. The van der Waals surface area contributed by atoms with E-state index in [0.717, 1.165) is 17.7 Å². The zero-order valence-corrected chi connectivity index (χ0v) is 13.3. The van der Waals surface area contributed by atoms with Crippen molar-refractivity contribution < 1.29 is 17.6 Å². The van der Waals surface area contributed by atoms with Gasteiger partial charge in [-0.25, -0.2) is 4.98 Å². The minimum Gasteiger partial charge on any atom is -0.440 e. The number of hydrogen-bond donors (Lipinski definition) is 0. The lowest BCUT2D eigenvalue weighted by atomic mass is 10.1. The molecule has 0 saturated heterocycles. The number of oxazole rings is 1. The highest BCUT2D eigenvalue weighted by molar-refractivity contribution is 5.60. The molecule has 0 saturated carbocycles. The van der Waals surface area contributed by atoms with Crippen LogP contribution in [0.1, 0.15) is 28.3 Å². The van der Waals surface area contributed by atoms with Crippen LogP contribution >= 0.6 is 0 Å². The van der Waals surface area contributed by atoms with Crippen LogP contribution in [0.25, 0.3) is 11.3 Å². The first-order valence-corrected chi connectivity index (χ1v) is 7.50. The lowest BCUT2D eigenvalue weighted by molar-refractivity contribution is -0.137. The summed E-state index contributed by atoms with van der Waals surface area (Å²) in [5, 5.41) is 8.84. The maximum Gasteiger partial charge on any atom is 0.416 e. The molecule has 6 heteroatoms. The molecule has 3 aromatic rings. The molecule has 126 valence electrons. The van der Waals surface area contributed by atoms with Crippen LogP contribution in [-0.4, -0.2) is 4.98 Å². The normalized spacial score (nSPS) is 11.3. The highest BCUT2D eigenvalue weighted by Gasteiger charge is 2.30. The van der Waals surface area contributed by atoms with E-state index in [4.69, 9.17) is 9.68 Å². The Morgan fingerprint density at radius 1 is 1.12 bits per heavy atom. The molecule has 1 aromatic heterocycles. The van der Waals surface area contributed by atoms with Crippen molar-refractivity contribution >= 4 is 0 Å². The highest BCUT2D eigenvalue weighted by atomic mass is 19.4.